The Morgan fingerprint density at radius 1 is 1.44 bits per heavy atom. The molecule has 1 rings (SSSR count). The largest absolute Gasteiger partial charge is 0.508 e. The summed E-state index contributed by atoms with van der Waals surface area (Å²) in [5.74, 6) is 0.314. The number of phenols is 1. The molecule has 0 amide bonds. The fourth-order valence-corrected chi connectivity index (χ4v) is 0.803. The monoisotopic (exact) mass is 141 g/mol. The first kappa shape index (κ1) is 6.49. The number of aromatic hydroxyl groups is 1. The summed E-state index contributed by atoms with van der Waals surface area (Å²) >= 11 is 3.37. The van der Waals surface area contributed by atoms with Crippen LogP contribution in [0.25, 0.3) is 0 Å². The Bertz CT molecular complexity index is 220. The molecule has 0 fully saturated rings. The van der Waals surface area contributed by atoms with Crippen molar-refractivity contribution in [3.8, 4) is 5.75 Å². The van der Waals surface area contributed by atoms with E-state index in [1.165, 1.54) is 0 Å². The van der Waals surface area contributed by atoms with Crippen LogP contribution in [0.5, 0.6) is 5.75 Å². The highest BCUT2D eigenvalue weighted by atomic mass is 32.1. The summed E-state index contributed by atoms with van der Waals surface area (Å²) in [6, 6.07) is 5.18. The van der Waals surface area contributed by atoms with Crippen LogP contribution in [0.3, 0.4) is 0 Å². The molecule has 9 heavy (non-hydrogen) atoms. The van der Waals surface area contributed by atoms with Crippen LogP contribution in [0.1, 0.15) is 5.56 Å². The van der Waals surface area contributed by atoms with Crippen molar-refractivity contribution in [2.45, 2.75) is 11.8 Å². The van der Waals surface area contributed by atoms with Crippen LogP contribution in [0, 0.1) is 6.92 Å². The molecule has 1 nitrogen and oxygen atoms in total. The molecule has 0 radical (unpaired) electrons. The van der Waals surface area contributed by atoms with Crippen molar-refractivity contribution in [1.29, 1.82) is 0 Å². The Labute approximate surface area is 59.7 Å². The standard InChI is InChI=1S/C7H8OS/c1-5-4-6(8)2-3-7(5)9/h2-4,8-9H,1H3/p+1. The van der Waals surface area contributed by atoms with Crippen LogP contribution >= 0.6 is 0 Å². The van der Waals surface area contributed by atoms with E-state index in [9.17, 15) is 0 Å². The maximum Gasteiger partial charge on any atom is 0.153 e. The maximum atomic E-state index is 8.92. The van der Waals surface area contributed by atoms with Crippen molar-refractivity contribution in [2.75, 3.05) is 0 Å². The Kier molecular flexibility index (Phi) is 1.67. The summed E-state index contributed by atoms with van der Waals surface area (Å²) in [5.41, 5.74) is 1.05. The SMILES string of the molecule is Cc1cc(O)ccc1[SH2+]. The molecule has 0 atom stereocenters. The molecule has 0 aromatic heterocycles. The summed E-state index contributed by atoms with van der Waals surface area (Å²) in [6.07, 6.45) is 0. The molecular formula is C7H9OS+. The van der Waals surface area contributed by atoms with Gasteiger partial charge < -0.3 is 5.11 Å². The van der Waals surface area contributed by atoms with E-state index in [2.05, 4.69) is 12.6 Å². The van der Waals surface area contributed by atoms with E-state index in [0.717, 1.165) is 10.5 Å². The van der Waals surface area contributed by atoms with Gasteiger partial charge in [0, 0.05) is 5.56 Å². The summed E-state index contributed by atoms with van der Waals surface area (Å²) < 4.78 is 0. The topological polar surface area (TPSA) is 20.2 Å². The van der Waals surface area contributed by atoms with E-state index in [0.29, 0.717) is 5.75 Å². The van der Waals surface area contributed by atoms with Crippen LogP contribution in [-0.2, 0) is 12.6 Å². The predicted octanol–water partition coefficient (Wildman–Crippen LogP) is 1.07. The molecule has 2 heteroatoms. The molecule has 48 valence electrons. The molecule has 1 aromatic rings. The zero-order chi connectivity index (χ0) is 6.85. The van der Waals surface area contributed by atoms with Gasteiger partial charge in [-0.15, -0.1) is 0 Å². The van der Waals surface area contributed by atoms with E-state index < -0.39 is 0 Å². The van der Waals surface area contributed by atoms with Gasteiger partial charge in [-0.25, -0.2) is 0 Å². The third-order valence-electron chi connectivity index (χ3n) is 1.21. The highest BCUT2D eigenvalue weighted by molar-refractivity contribution is 7.58. The number of aryl methyl sites for hydroxylation is 1. The summed E-state index contributed by atoms with van der Waals surface area (Å²) in [5, 5.41) is 8.92. The number of hydrogen-bond acceptors (Lipinski definition) is 1. The van der Waals surface area contributed by atoms with Crippen molar-refractivity contribution in [3.05, 3.63) is 23.8 Å². The average Bonchev–Trinajstić information content (AvgIpc) is 1.80. The summed E-state index contributed by atoms with van der Waals surface area (Å²) in [7, 11) is 0. The summed E-state index contributed by atoms with van der Waals surface area (Å²) in [6.45, 7) is 1.93. The lowest BCUT2D eigenvalue weighted by atomic mass is 10.2. The van der Waals surface area contributed by atoms with Gasteiger partial charge in [-0.3, -0.25) is 0 Å². The zero-order valence-electron chi connectivity index (χ0n) is 5.18. The minimum absolute atomic E-state index is 0.314. The first-order chi connectivity index (χ1) is 4.20. The third-order valence-corrected chi connectivity index (χ3v) is 1.77. The van der Waals surface area contributed by atoms with Gasteiger partial charge in [-0.2, -0.15) is 0 Å². The van der Waals surface area contributed by atoms with Gasteiger partial charge in [0.25, 0.3) is 0 Å². The lowest BCUT2D eigenvalue weighted by Gasteiger charge is -1.92. The van der Waals surface area contributed by atoms with Crippen molar-refractivity contribution in [3.63, 3.8) is 0 Å². The van der Waals surface area contributed by atoms with Gasteiger partial charge in [0.2, 0.25) is 0 Å². The second-order valence-electron chi connectivity index (χ2n) is 2.00. The molecule has 0 bridgehead atoms. The molecular weight excluding hydrogens is 132 g/mol. The van der Waals surface area contributed by atoms with Crippen LogP contribution in [0.2, 0.25) is 0 Å². The molecule has 0 aliphatic carbocycles. The second-order valence-corrected chi connectivity index (χ2v) is 2.54. The maximum absolute atomic E-state index is 8.92. The van der Waals surface area contributed by atoms with E-state index in [-0.39, 0.29) is 0 Å². The molecule has 0 spiro atoms. The first-order valence-electron chi connectivity index (χ1n) is 2.71. The quantitative estimate of drug-likeness (QED) is 0.536. The Morgan fingerprint density at radius 2 is 2.11 bits per heavy atom. The molecule has 0 saturated carbocycles. The van der Waals surface area contributed by atoms with E-state index in [4.69, 9.17) is 5.11 Å². The fraction of sp³-hybridized carbons (Fsp3) is 0.143. The minimum atomic E-state index is 0.314. The van der Waals surface area contributed by atoms with Gasteiger partial charge in [-0.05, 0) is 37.8 Å². The van der Waals surface area contributed by atoms with Gasteiger partial charge in [-0.1, -0.05) is 0 Å². The Morgan fingerprint density at radius 3 is 2.56 bits per heavy atom. The highest BCUT2D eigenvalue weighted by Gasteiger charge is 1.97. The van der Waals surface area contributed by atoms with Crippen LogP contribution in [0.4, 0.5) is 0 Å². The van der Waals surface area contributed by atoms with E-state index in [1.807, 2.05) is 13.0 Å². The van der Waals surface area contributed by atoms with Gasteiger partial charge >= 0.3 is 0 Å². The number of phenolic OH excluding ortho intramolecular Hbond substituents is 1. The lowest BCUT2D eigenvalue weighted by molar-refractivity contribution is 0.474. The van der Waals surface area contributed by atoms with Crippen LogP contribution < -0.4 is 0 Å². The third kappa shape index (κ3) is 1.39. The van der Waals surface area contributed by atoms with Gasteiger partial charge in [0.15, 0.2) is 4.90 Å². The smallest absolute Gasteiger partial charge is 0.153 e. The normalized spacial score (nSPS) is 9.56. The molecule has 1 N–H and O–H groups in total. The fourth-order valence-electron chi connectivity index (χ4n) is 0.648. The van der Waals surface area contributed by atoms with E-state index in [1.54, 1.807) is 12.1 Å². The molecule has 0 heterocycles. The number of hydrogen-bond donors (Lipinski definition) is 1. The van der Waals surface area contributed by atoms with Gasteiger partial charge in [0.05, 0.1) is 0 Å². The van der Waals surface area contributed by atoms with Crippen molar-refractivity contribution >= 4 is 12.6 Å². The Balaban J connectivity index is 3.17. The van der Waals surface area contributed by atoms with Crippen molar-refractivity contribution < 1.29 is 5.11 Å². The molecule has 0 unspecified atom stereocenters. The summed E-state index contributed by atoms with van der Waals surface area (Å²) in [4.78, 5) is 1.02. The van der Waals surface area contributed by atoms with E-state index >= 15 is 0 Å². The number of rotatable bonds is 0. The highest BCUT2D eigenvalue weighted by Crippen LogP contribution is 2.14. The predicted molar refractivity (Wildman–Crippen MR) is 41.3 cm³/mol. The Hall–Kier alpha value is -0.630. The second kappa shape index (κ2) is 2.31. The molecule has 0 aliphatic rings. The molecule has 0 aliphatic heterocycles. The first-order valence-corrected chi connectivity index (χ1v) is 3.21. The van der Waals surface area contributed by atoms with Crippen LogP contribution in [0.15, 0.2) is 23.1 Å². The minimum Gasteiger partial charge on any atom is -0.508 e. The van der Waals surface area contributed by atoms with Crippen molar-refractivity contribution in [1.82, 2.24) is 0 Å². The average molecular weight is 141 g/mol. The van der Waals surface area contributed by atoms with Crippen LogP contribution in [-0.4, -0.2) is 5.11 Å². The molecule has 1 aromatic carbocycles. The molecule has 0 saturated heterocycles. The van der Waals surface area contributed by atoms with Crippen molar-refractivity contribution in [2.24, 2.45) is 0 Å². The zero-order valence-corrected chi connectivity index (χ0v) is 6.18. The van der Waals surface area contributed by atoms with Gasteiger partial charge in [0.1, 0.15) is 5.75 Å². The number of benzene rings is 1. The lowest BCUT2D eigenvalue weighted by Crippen LogP contribution is -1.76.